The number of anilines is 1. The van der Waals surface area contributed by atoms with Crippen LogP contribution in [-0.2, 0) is 6.42 Å². The molecule has 1 amide bonds. The van der Waals surface area contributed by atoms with Gasteiger partial charge in [0.25, 0.3) is 5.91 Å². The Balaban J connectivity index is 1.68. The summed E-state index contributed by atoms with van der Waals surface area (Å²) in [5.41, 5.74) is 5.74. The molecule has 1 aliphatic rings. The van der Waals surface area contributed by atoms with Gasteiger partial charge in [-0.05, 0) is 35.2 Å². The zero-order chi connectivity index (χ0) is 22.2. The molecule has 6 nitrogen and oxygen atoms in total. The molecule has 5 rings (SSSR count). The van der Waals surface area contributed by atoms with Crippen molar-refractivity contribution in [3.8, 4) is 11.3 Å². The smallest absolute Gasteiger partial charge is 0.277 e. The van der Waals surface area contributed by atoms with Crippen molar-refractivity contribution in [1.82, 2.24) is 10.2 Å². The summed E-state index contributed by atoms with van der Waals surface area (Å²) in [6, 6.07) is 23.8. The Bertz CT molecular complexity index is 1290. The fraction of sp³-hybridized carbons (Fsp3) is 0.115. The van der Waals surface area contributed by atoms with Gasteiger partial charge in [0, 0.05) is 16.8 Å². The van der Waals surface area contributed by atoms with Crippen LogP contribution in [0, 0.1) is 0 Å². The summed E-state index contributed by atoms with van der Waals surface area (Å²) in [4.78, 5) is 26.4. The highest BCUT2D eigenvalue weighted by molar-refractivity contribution is 6.11. The number of benzene rings is 3. The van der Waals surface area contributed by atoms with Crippen LogP contribution < -0.4 is 10.0 Å². The second kappa shape index (κ2) is 7.81. The van der Waals surface area contributed by atoms with E-state index in [1.54, 1.807) is 17.0 Å². The number of aryl methyl sites for hydroxylation is 1. The van der Waals surface area contributed by atoms with Gasteiger partial charge in [-0.1, -0.05) is 73.7 Å². The van der Waals surface area contributed by atoms with Gasteiger partial charge in [-0.15, -0.1) is 0 Å². The molecule has 3 aromatic carbocycles. The van der Waals surface area contributed by atoms with E-state index in [0.717, 1.165) is 28.8 Å². The molecule has 1 aromatic heterocycles. The van der Waals surface area contributed by atoms with E-state index in [-0.39, 0.29) is 11.5 Å². The molecule has 0 bridgehead atoms. The Labute approximate surface area is 185 Å². The van der Waals surface area contributed by atoms with Gasteiger partial charge in [0.05, 0.1) is 17.7 Å². The van der Waals surface area contributed by atoms with Crippen LogP contribution in [0.4, 0.5) is 5.69 Å². The van der Waals surface area contributed by atoms with Crippen molar-refractivity contribution in [1.29, 1.82) is 0 Å². The Morgan fingerprint density at radius 2 is 1.69 bits per heavy atom. The maximum atomic E-state index is 13.5. The van der Waals surface area contributed by atoms with Crippen molar-refractivity contribution in [3.05, 3.63) is 107 Å². The van der Waals surface area contributed by atoms with Gasteiger partial charge < -0.3 is 9.90 Å². The number of carboxylic acid groups (broad SMARTS) is 1. The van der Waals surface area contributed by atoms with Gasteiger partial charge in [0.2, 0.25) is 0 Å². The molecule has 158 valence electrons. The number of amides is 1. The van der Waals surface area contributed by atoms with Crippen molar-refractivity contribution in [3.63, 3.8) is 0 Å². The molecule has 32 heavy (non-hydrogen) atoms. The average molecular weight is 422 g/mol. The van der Waals surface area contributed by atoms with Crippen LogP contribution in [0.25, 0.3) is 11.3 Å². The van der Waals surface area contributed by atoms with Crippen molar-refractivity contribution in [2.75, 3.05) is 4.90 Å². The number of nitrogens with one attached hydrogen (secondary N) is 1. The monoisotopic (exact) mass is 422 g/mol. The predicted octanol–water partition coefficient (Wildman–Crippen LogP) is 3.75. The highest BCUT2D eigenvalue weighted by Crippen LogP contribution is 2.45. The molecule has 1 unspecified atom stereocenters. The summed E-state index contributed by atoms with van der Waals surface area (Å²) in [5, 5.41) is 18.6. The summed E-state index contributed by atoms with van der Waals surface area (Å²) in [7, 11) is 0. The first-order valence-electron chi connectivity index (χ1n) is 10.5. The summed E-state index contributed by atoms with van der Waals surface area (Å²) < 4.78 is 0. The lowest BCUT2D eigenvalue weighted by Gasteiger charge is -2.27. The molecule has 6 heteroatoms. The zero-order valence-electron chi connectivity index (χ0n) is 17.4. The van der Waals surface area contributed by atoms with E-state index in [0.29, 0.717) is 11.4 Å². The number of aromatic carboxylic acids is 1. The van der Waals surface area contributed by atoms with Gasteiger partial charge in [0.15, 0.2) is 0 Å². The topological polar surface area (TPSA) is 89.1 Å². The third-order valence-corrected chi connectivity index (χ3v) is 5.90. The average Bonchev–Trinajstić information content (AvgIpc) is 3.39. The lowest BCUT2D eigenvalue weighted by molar-refractivity contribution is -0.255. The molecule has 1 atom stereocenters. The molecular formula is C26H20N3O3-. The molecule has 0 fully saturated rings. The Kier molecular flexibility index (Phi) is 4.82. The van der Waals surface area contributed by atoms with E-state index in [2.05, 4.69) is 29.3 Å². The molecular weight excluding hydrogens is 402 g/mol. The number of nitrogens with zero attached hydrogens (tertiary/aromatic N) is 2. The van der Waals surface area contributed by atoms with Crippen LogP contribution in [0.15, 0.2) is 78.9 Å². The number of hydrogen-bond donors (Lipinski definition) is 1. The van der Waals surface area contributed by atoms with Gasteiger partial charge >= 0.3 is 0 Å². The highest BCUT2D eigenvalue weighted by Gasteiger charge is 2.43. The van der Waals surface area contributed by atoms with Crippen LogP contribution in [-0.4, -0.2) is 22.1 Å². The number of H-pyrrole nitrogens is 1. The number of fused-ring (bicyclic) bond motifs is 1. The Hall–Kier alpha value is -4.19. The lowest BCUT2D eigenvalue weighted by atomic mass is 9.95. The second-order valence-corrected chi connectivity index (χ2v) is 7.73. The number of carbonyl (C=O) groups excluding carboxylic acids is 2. The van der Waals surface area contributed by atoms with Crippen LogP contribution in [0.5, 0.6) is 0 Å². The first-order valence-corrected chi connectivity index (χ1v) is 10.5. The van der Waals surface area contributed by atoms with Gasteiger partial charge in [0.1, 0.15) is 5.69 Å². The number of carboxylic acids is 1. The van der Waals surface area contributed by atoms with Crippen LogP contribution in [0.1, 0.15) is 50.5 Å². The molecule has 0 aliphatic carbocycles. The Morgan fingerprint density at radius 1 is 1.00 bits per heavy atom. The van der Waals surface area contributed by atoms with E-state index in [9.17, 15) is 14.7 Å². The minimum atomic E-state index is -1.25. The van der Waals surface area contributed by atoms with Crippen LogP contribution in [0.2, 0.25) is 0 Å². The number of aromatic nitrogens is 2. The minimum absolute atomic E-state index is 0.0643. The third kappa shape index (κ3) is 3.17. The zero-order valence-corrected chi connectivity index (χ0v) is 17.4. The first kappa shape index (κ1) is 19.8. The van der Waals surface area contributed by atoms with E-state index in [1.807, 2.05) is 42.5 Å². The fourth-order valence-electron chi connectivity index (χ4n) is 4.24. The van der Waals surface area contributed by atoms with Crippen molar-refractivity contribution < 1.29 is 14.7 Å². The van der Waals surface area contributed by atoms with Gasteiger partial charge in [-0.2, -0.15) is 5.10 Å². The Morgan fingerprint density at radius 3 is 2.31 bits per heavy atom. The maximum Gasteiger partial charge on any atom is 0.277 e. The minimum Gasteiger partial charge on any atom is -0.545 e. The van der Waals surface area contributed by atoms with Crippen molar-refractivity contribution >= 4 is 17.6 Å². The predicted molar refractivity (Wildman–Crippen MR) is 119 cm³/mol. The third-order valence-electron chi connectivity index (χ3n) is 5.90. The quantitative estimate of drug-likeness (QED) is 0.530. The standard InChI is InChI=1S/C26H21N3O3/c1-2-16-8-10-18(11-9-16)24-21-22(17-6-4-3-5-7-17)27-28-23(21)25(30)29(24)20-14-12-19(13-15-20)26(31)32/h3-15,24H,2H2,1H3,(H,27,28)(H,31,32)/p-1. The molecule has 1 N–H and O–H groups in total. The van der Waals surface area contributed by atoms with Crippen LogP contribution >= 0.6 is 0 Å². The van der Waals surface area contributed by atoms with Crippen LogP contribution in [0.3, 0.4) is 0 Å². The van der Waals surface area contributed by atoms with Gasteiger partial charge in [-0.25, -0.2) is 0 Å². The molecule has 2 heterocycles. The van der Waals surface area contributed by atoms with E-state index in [1.165, 1.54) is 17.7 Å². The molecule has 0 saturated carbocycles. The highest BCUT2D eigenvalue weighted by atomic mass is 16.4. The molecule has 0 radical (unpaired) electrons. The summed E-state index contributed by atoms with van der Waals surface area (Å²) >= 11 is 0. The maximum absolute atomic E-state index is 13.5. The summed E-state index contributed by atoms with van der Waals surface area (Å²) in [5.74, 6) is -1.46. The van der Waals surface area contributed by atoms with E-state index in [4.69, 9.17) is 0 Å². The normalized spacial score (nSPS) is 15.1. The fourth-order valence-corrected chi connectivity index (χ4v) is 4.24. The molecule has 0 saturated heterocycles. The van der Waals surface area contributed by atoms with Crippen molar-refractivity contribution in [2.24, 2.45) is 0 Å². The molecule has 0 spiro atoms. The van der Waals surface area contributed by atoms with Crippen molar-refractivity contribution in [2.45, 2.75) is 19.4 Å². The second-order valence-electron chi connectivity index (χ2n) is 7.73. The number of aromatic amines is 1. The lowest BCUT2D eigenvalue weighted by Crippen LogP contribution is -2.29. The molecule has 1 aliphatic heterocycles. The SMILES string of the molecule is CCc1ccc(C2c3c(-c4ccccc4)n[nH]c3C(=O)N2c2ccc(C(=O)[O-])cc2)cc1. The molecule has 4 aromatic rings. The number of carbonyl (C=O) groups is 2. The van der Waals surface area contributed by atoms with Gasteiger partial charge in [-0.3, -0.25) is 14.8 Å². The van der Waals surface area contributed by atoms with E-state index < -0.39 is 12.0 Å². The number of rotatable bonds is 5. The summed E-state index contributed by atoms with van der Waals surface area (Å²) in [6.07, 6.45) is 0.921. The van der Waals surface area contributed by atoms with E-state index >= 15 is 0 Å². The summed E-state index contributed by atoms with van der Waals surface area (Å²) in [6.45, 7) is 2.10. The largest absolute Gasteiger partial charge is 0.545 e. The first-order chi connectivity index (χ1) is 15.6. The number of hydrogen-bond acceptors (Lipinski definition) is 4.